The van der Waals surface area contributed by atoms with E-state index in [1.807, 2.05) is 54.6 Å². The number of benzene rings is 2. The van der Waals surface area contributed by atoms with E-state index in [0.717, 1.165) is 15.7 Å². The monoisotopic (exact) mass is 337 g/mol. The first-order valence-electron chi connectivity index (χ1n) is 5.97. The van der Waals surface area contributed by atoms with Crippen LogP contribution in [0.2, 0.25) is 0 Å². The fourth-order valence-corrected chi connectivity index (χ4v) is 3.96. The molecule has 0 aliphatic carbocycles. The average molecular weight is 336 g/mol. The van der Waals surface area contributed by atoms with E-state index in [4.69, 9.17) is 0 Å². The Morgan fingerprint density at radius 1 is 1.11 bits per heavy atom. The van der Waals surface area contributed by atoms with E-state index >= 15 is 0 Å². The molecule has 2 aromatic carbocycles. The summed E-state index contributed by atoms with van der Waals surface area (Å²) in [6.07, 6.45) is 0. The van der Waals surface area contributed by atoms with E-state index < -0.39 is 0 Å². The Morgan fingerprint density at radius 3 is 2.42 bits per heavy atom. The van der Waals surface area contributed by atoms with Crippen LogP contribution in [0.1, 0.15) is 17.3 Å². The molecule has 1 atom stereocenters. The van der Waals surface area contributed by atoms with E-state index in [1.54, 1.807) is 0 Å². The zero-order chi connectivity index (χ0) is 13.7. The number of hydrogen-bond donors (Lipinski definition) is 2. The molecule has 1 N–H and O–H groups in total. The third-order valence-electron chi connectivity index (χ3n) is 2.46. The standard InChI is InChI=1S/C15H15NOSSe/c1-11(18)19-14-10-6-5-9-13(14)15(17)16-12-7-3-2-4-8-12/h2-11,18H,1H3,(H,16,17). The maximum atomic E-state index is 12.3. The summed E-state index contributed by atoms with van der Waals surface area (Å²) in [5, 5.41) is 2.92. The molecule has 0 aromatic heterocycles. The number of anilines is 1. The van der Waals surface area contributed by atoms with Crippen molar-refractivity contribution < 1.29 is 4.79 Å². The van der Waals surface area contributed by atoms with E-state index in [0.29, 0.717) is 0 Å². The van der Waals surface area contributed by atoms with E-state index in [2.05, 4.69) is 24.9 Å². The van der Waals surface area contributed by atoms with Crippen LogP contribution in [0.25, 0.3) is 0 Å². The molecule has 0 aliphatic heterocycles. The molecule has 0 saturated carbocycles. The van der Waals surface area contributed by atoms with Crippen molar-refractivity contribution >= 4 is 43.6 Å². The van der Waals surface area contributed by atoms with Gasteiger partial charge < -0.3 is 0 Å². The summed E-state index contributed by atoms with van der Waals surface area (Å²) in [5.74, 6) is -0.0577. The molecular formula is C15H15NOSSe. The molecule has 0 saturated heterocycles. The number of amides is 1. The third kappa shape index (κ3) is 4.13. The second-order valence-corrected chi connectivity index (χ2v) is 8.49. The molecule has 98 valence electrons. The summed E-state index contributed by atoms with van der Waals surface area (Å²) in [5.41, 5.74) is 1.56. The second kappa shape index (κ2) is 6.80. The first kappa shape index (κ1) is 14.2. The van der Waals surface area contributed by atoms with Crippen molar-refractivity contribution in [1.29, 1.82) is 0 Å². The van der Waals surface area contributed by atoms with Crippen LogP contribution in [0, 0.1) is 0 Å². The molecule has 19 heavy (non-hydrogen) atoms. The second-order valence-electron chi connectivity index (χ2n) is 4.03. The summed E-state index contributed by atoms with van der Waals surface area (Å²) < 4.78 is 1.38. The van der Waals surface area contributed by atoms with Crippen molar-refractivity contribution in [3.63, 3.8) is 0 Å². The Labute approximate surface area is 125 Å². The van der Waals surface area contributed by atoms with Crippen LogP contribution < -0.4 is 9.78 Å². The van der Waals surface area contributed by atoms with Crippen molar-refractivity contribution in [3.8, 4) is 0 Å². The Morgan fingerprint density at radius 2 is 1.74 bits per heavy atom. The minimum atomic E-state index is -0.0577. The number of rotatable bonds is 4. The van der Waals surface area contributed by atoms with Crippen molar-refractivity contribution in [2.24, 2.45) is 0 Å². The van der Waals surface area contributed by atoms with Crippen LogP contribution in [0.5, 0.6) is 0 Å². The van der Waals surface area contributed by atoms with Gasteiger partial charge in [-0.1, -0.05) is 0 Å². The van der Waals surface area contributed by atoms with Gasteiger partial charge in [0.15, 0.2) is 0 Å². The zero-order valence-corrected chi connectivity index (χ0v) is 13.1. The van der Waals surface area contributed by atoms with Crippen LogP contribution in [-0.2, 0) is 0 Å². The summed E-state index contributed by atoms with van der Waals surface area (Å²) in [4.78, 5) is 12.3. The zero-order valence-electron chi connectivity index (χ0n) is 10.5. The molecule has 2 nitrogen and oxygen atoms in total. The van der Waals surface area contributed by atoms with Crippen LogP contribution in [0.3, 0.4) is 0 Å². The molecule has 0 heterocycles. The normalized spacial score (nSPS) is 11.9. The summed E-state index contributed by atoms with van der Waals surface area (Å²) in [6.45, 7) is 2.05. The van der Waals surface area contributed by atoms with Gasteiger partial charge in [0, 0.05) is 0 Å². The topological polar surface area (TPSA) is 29.1 Å². The quantitative estimate of drug-likeness (QED) is 0.652. The predicted octanol–water partition coefficient (Wildman–Crippen LogP) is 2.54. The Hall–Kier alpha value is -1.22. The first-order valence-corrected chi connectivity index (χ1v) is 8.33. The van der Waals surface area contributed by atoms with Gasteiger partial charge in [-0.2, -0.15) is 0 Å². The minimum absolute atomic E-state index is 0.0577. The van der Waals surface area contributed by atoms with Gasteiger partial charge in [0.25, 0.3) is 0 Å². The Bertz CT molecular complexity index is 557. The Balaban J connectivity index is 2.19. The fourth-order valence-electron chi connectivity index (χ4n) is 1.66. The number of carbonyl (C=O) groups is 1. The molecule has 0 aliphatic rings. The molecule has 2 rings (SSSR count). The number of para-hydroxylation sites is 1. The van der Waals surface area contributed by atoms with Crippen molar-refractivity contribution in [2.45, 2.75) is 11.1 Å². The SMILES string of the molecule is CC(S)[Se]c1ccccc1C(=O)Nc1ccccc1. The van der Waals surface area contributed by atoms with Crippen LogP contribution in [0.15, 0.2) is 54.6 Å². The molecule has 0 spiro atoms. The first-order chi connectivity index (χ1) is 9.16. The predicted molar refractivity (Wildman–Crippen MR) is 84.7 cm³/mol. The van der Waals surface area contributed by atoms with Crippen LogP contribution in [-0.4, -0.2) is 25.0 Å². The van der Waals surface area contributed by atoms with E-state index in [-0.39, 0.29) is 25.0 Å². The third-order valence-corrected chi connectivity index (χ3v) is 5.00. The van der Waals surface area contributed by atoms with E-state index in [1.165, 1.54) is 0 Å². The Kier molecular flexibility index (Phi) is 5.08. The van der Waals surface area contributed by atoms with Gasteiger partial charge in [0.1, 0.15) is 0 Å². The molecule has 0 radical (unpaired) electrons. The average Bonchev–Trinajstić information content (AvgIpc) is 2.39. The van der Waals surface area contributed by atoms with Gasteiger partial charge in [0.2, 0.25) is 0 Å². The molecule has 0 bridgehead atoms. The summed E-state index contributed by atoms with van der Waals surface area (Å²) in [6, 6.07) is 17.2. The summed E-state index contributed by atoms with van der Waals surface area (Å²) in [7, 11) is 0. The molecular weight excluding hydrogens is 321 g/mol. The van der Waals surface area contributed by atoms with Gasteiger partial charge in [-0.05, 0) is 0 Å². The molecule has 0 fully saturated rings. The van der Waals surface area contributed by atoms with Crippen molar-refractivity contribution in [1.82, 2.24) is 0 Å². The number of hydrogen-bond acceptors (Lipinski definition) is 2. The van der Waals surface area contributed by atoms with Crippen molar-refractivity contribution in [2.75, 3.05) is 5.32 Å². The number of carbonyl (C=O) groups excluding carboxylic acids is 1. The summed E-state index contributed by atoms with van der Waals surface area (Å²) >= 11 is 4.61. The fraction of sp³-hybridized carbons (Fsp3) is 0.133. The number of thiol groups is 1. The molecule has 4 heteroatoms. The van der Waals surface area contributed by atoms with Crippen molar-refractivity contribution in [3.05, 3.63) is 60.2 Å². The van der Waals surface area contributed by atoms with Crippen LogP contribution in [0.4, 0.5) is 5.69 Å². The van der Waals surface area contributed by atoms with Gasteiger partial charge in [-0.15, -0.1) is 0 Å². The molecule has 1 unspecified atom stereocenters. The van der Waals surface area contributed by atoms with Gasteiger partial charge in [-0.3, -0.25) is 0 Å². The van der Waals surface area contributed by atoms with Crippen LogP contribution >= 0.6 is 12.6 Å². The van der Waals surface area contributed by atoms with Gasteiger partial charge in [0.05, 0.1) is 0 Å². The maximum absolute atomic E-state index is 12.3. The van der Waals surface area contributed by atoms with E-state index in [9.17, 15) is 4.79 Å². The van der Waals surface area contributed by atoms with Gasteiger partial charge >= 0.3 is 125 Å². The molecule has 2 aromatic rings. The number of nitrogens with one attached hydrogen (secondary N) is 1. The van der Waals surface area contributed by atoms with Gasteiger partial charge in [-0.25, -0.2) is 0 Å². The molecule has 1 amide bonds.